The zero-order valence-corrected chi connectivity index (χ0v) is 25.6. The number of aliphatic hydroxyl groups excluding tert-OH is 2. The Morgan fingerprint density at radius 1 is 0.773 bits per heavy atom. The van der Waals surface area contributed by atoms with Crippen molar-refractivity contribution in [2.75, 3.05) is 13.1 Å². The third-order valence-corrected chi connectivity index (χ3v) is 7.31. The monoisotopic (exact) mass is 598 g/mol. The number of benzene rings is 3. The van der Waals surface area contributed by atoms with E-state index in [2.05, 4.69) is 10.6 Å². The molecule has 0 heterocycles. The van der Waals surface area contributed by atoms with E-state index in [-0.39, 0.29) is 24.3 Å². The maximum Gasteiger partial charge on any atom is 0.253 e. The van der Waals surface area contributed by atoms with E-state index in [1.807, 2.05) is 50.2 Å². The Balaban J connectivity index is 1.88. The first-order valence-electron chi connectivity index (χ1n) is 15.0. The molecule has 0 spiro atoms. The van der Waals surface area contributed by atoms with Crippen LogP contribution in [0.4, 0.5) is 0 Å². The zero-order valence-electron chi connectivity index (χ0n) is 25.6. The van der Waals surface area contributed by atoms with Crippen molar-refractivity contribution in [1.82, 2.24) is 15.5 Å². The van der Waals surface area contributed by atoms with Crippen molar-refractivity contribution in [2.24, 2.45) is 0 Å². The van der Waals surface area contributed by atoms with Gasteiger partial charge < -0.3 is 25.7 Å². The Bertz CT molecular complexity index is 1420. The number of aryl methyl sites for hydroxylation is 1. The van der Waals surface area contributed by atoms with Crippen molar-refractivity contribution < 1.29 is 24.6 Å². The molecule has 0 fully saturated rings. The third-order valence-electron chi connectivity index (χ3n) is 7.31. The molecule has 4 atom stereocenters. The smallest absolute Gasteiger partial charge is 0.253 e. The summed E-state index contributed by atoms with van der Waals surface area (Å²) in [5.41, 5.74) is 2.50. The van der Waals surface area contributed by atoms with Crippen LogP contribution >= 0.6 is 0 Å². The van der Waals surface area contributed by atoms with Crippen LogP contribution in [-0.2, 0) is 6.42 Å². The maximum absolute atomic E-state index is 13.6. The normalized spacial score (nSPS) is 13.5. The average Bonchev–Trinajstić information content (AvgIpc) is 3.03. The number of amides is 3. The van der Waals surface area contributed by atoms with Crippen LogP contribution in [0, 0.1) is 18.3 Å². The highest BCUT2D eigenvalue weighted by Crippen LogP contribution is 2.17. The lowest BCUT2D eigenvalue weighted by molar-refractivity contribution is -0.0212. The highest BCUT2D eigenvalue weighted by Gasteiger charge is 2.34. The van der Waals surface area contributed by atoms with Gasteiger partial charge in [-0.1, -0.05) is 62.4 Å². The zero-order chi connectivity index (χ0) is 32.1. The first-order valence-corrected chi connectivity index (χ1v) is 15.0. The summed E-state index contributed by atoms with van der Waals surface area (Å²) in [6.07, 6.45) is -1.62. The molecule has 0 aliphatic carbocycles. The van der Waals surface area contributed by atoms with Crippen molar-refractivity contribution in [1.29, 1.82) is 5.26 Å². The van der Waals surface area contributed by atoms with Crippen molar-refractivity contribution in [3.63, 3.8) is 0 Å². The summed E-state index contributed by atoms with van der Waals surface area (Å²) in [5.74, 6) is -1.19. The van der Waals surface area contributed by atoms with E-state index in [4.69, 9.17) is 0 Å². The molecule has 0 aliphatic rings. The van der Waals surface area contributed by atoms with Crippen LogP contribution in [0.2, 0.25) is 0 Å². The Kier molecular flexibility index (Phi) is 13.1. The van der Waals surface area contributed by atoms with Gasteiger partial charge in [-0.2, -0.15) is 5.26 Å². The SMILES string of the molecule is CCCN(CCC)C(=O)c1cc(C)cc(C(=O)NC(Cc2ccccc2)C(O)C(O)C(CC#N)NC(=O)c2ccccc2)c1. The second-order valence-corrected chi connectivity index (χ2v) is 10.9. The lowest BCUT2D eigenvalue weighted by atomic mass is 9.92. The van der Waals surface area contributed by atoms with Gasteiger partial charge in [0, 0.05) is 29.8 Å². The summed E-state index contributed by atoms with van der Waals surface area (Å²) in [4.78, 5) is 41.5. The Labute approximate surface area is 259 Å². The van der Waals surface area contributed by atoms with Crippen LogP contribution in [-0.4, -0.2) is 70.2 Å². The molecule has 44 heavy (non-hydrogen) atoms. The quantitative estimate of drug-likeness (QED) is 0.208. The fourth-order valence-corrected chi connectivity index (χ4v) is 5.12. The topological polar surface area (TPSA) is 143 Å². The largest absolute Gasteiger partial charge is 0.388 e. The van der Waals surface area contributed by atoms with Crippen molar-refractivity contribution in [3.8, 4) is 6.07 Å². The predicted molar refractivity (Wildman–Crippen MR) is 169 cm³/mol. The number of hydrogen-bond acceptors (Lipinski definition) is 6. The van der Waals surface area contributed by atoms with E-state index in [0.717, 1.165) is 24.0 Å². The van der Waals surface area contributed by atoms with Crippen molar-refractivity contribution in [3.05, 3.63) is 107 Å². The number of carbonyl (C=O) groups excluding carboxylic acids is 3. The summed E-state index contributed by atoms with van der Waals surface area (Å²) < 4.78 is 0. The van der Waals surface area contributed by atoms with Crippen LogP contribution in [0.5, 0.6) is 0 Å². The minimum Gasteiger partial charge on any atom is -0.388 e. The number of aliphatic hydroxyl groups is 2. The van der Waals surface area contributed by atoms with Gasteiger partial charge in [0.25, 0.3) is 17.7 Å². The molecule has 3 rings (SSSR count). The van der Waals surface area contributed by atoms with E-state index in [0.29, 0.717) is 24.2 Å². The molecule has 3 amide bonds. The van der Waals surface area contributed by atoms with E-state index < -0.39 is 36.1 Å². The molecular weight excluding hydrogens is 556 g/mol. The van der Waals surface area contributed by atoms with Crippen LogP contribution in [0.1, 0.15) is 75.3 Å². The fourth-order valence-electron chi connectivity index (χ4n) is 5.12. The minimum atomic E-state index is -1.58. The number of nitriles is 1. The van der Waals surface area contributed by atoms with Gasteiger partial charge in [0.05, 0.1) is 24.6 Å². The number of rotatable bonds is 15. The van der Waals surface area contributed by atoms with Crippen LogP contribution < -0.4 is 10.6 Å². The Morgan fingerprint density at radius 3 is 1.89 bits per heavy atom. The molecule has 3 aromatic rings. The molecule has 0 saturated carbocycles. The highest BCUT2D eigenvalue weighted by atomic mass is 16.3. The summed E-state index contributed by atoms with van der Waals surface area (Å²) in [6, 6.07) is 22.3. The molecule has 0 radical (unpaired) electrons. The Hall–Kier alpha value is -4.52. The average molecular weight is 599 g/mol. The van der Waals surface area contributed by atoms with Gasteiger partial charge in [-0.05, 0) is 67.6 Å². The summed E-state index contributed by atoms with van der Waals surface area (Å²) in [7, 11) is 0. The molecule has 0 saturated heterocycles. The molecule has 3 aromatic carbocycles. The fraction of sp³-hybridized carbons (Fsp3) is 0.371. The summed E-state index contributed by atoms with van der Waals surface area (Å²) in [5, 5.41) is 37.6. The van der Waals surface area contributed by atoms with Gasteiger partial charge >= 0.3 is 0 Å². The van der Waals surface area contributed by atoms with E-state index in [9.17, 15) is 29.9 Å². The number of carbonyl (C=O) groups is 3. The van der Waals surface area contributed by atoms with Gasteiger partial charge in [0.15, 0.2) is 0 Å². The van der Waals surface area contributed by atoms with Crippen LogP contribution in [0.15, 0.2) is 78.9 Å². The molecule has 4 N–H and O–H groups in total. The maximum atomic E-state index is 13.6. The molecule has 0 aliphatic heterocycles. The van der Waals surface area contributed by atoms with E-state index in [1.165, 1.54) is 0 Å². The molecule has 0 bridgehead atoms. The number of nitrogens with one attached hydrogen (secondary N) is 2. The van der Waals surface area contributed by atoms with Gasteiger partial charge in [-0.15, -0.1) is 0 Å². The van der Waals surface area contributed by atoms with Crippen molar-refractivity contribution >= 4 is 17.7 Å². The first-order chi connectivity index (χ1) is 21.2. The first kappa shape index (κ1) is 34.0. The van der Waals surface area contributed by atoms with Gasteiger partial charge in [-0.25, -0.2) is 0 Å². The second kappa shape index (κ2) is 16.9. The minimum absolute atomic E-state index is 0.156. The number of nitrogens with zero attached hydrogens (tertiary/aromatic N) is 2. The Morgan fingerprint density at radius 2 is 1.30 bits per heavy atom. The van der Waals surface area contributed by atoms with Crippen molar-refractivity contribution in [2.45, 2.75) is 70.7 Å². The molecule has 9 nitrogen and oxygen atoms in total. The van der Waals surface area contributed by atoms with Gasteiger partial charge in [-0.3, -0.25) is 14.4 Å². The molecule has 9 heteroatoms. The molecular formula is C35H42N4O5. The molecule has 232 valence electrons. The molecule has 4 unspecified atom stereocenters. The van der Waals surface area contributed by atoms with Gasteiger partial charge in [0.1, 0.15) is 12.2 Å². The van der Waals surface area contributed by atoms with E-state index in [1.54, 1.807) is 60.4 Å². The summed E-state index contributed by atoms with van der Waals surface area (Å²) in [6.45, 7) is 7.03. The highest BCUT2D eigenvalue weighted by molar-refractivity contribution is 6.00. The van der Waals surface area contributed by atoms with E-state index >= 15 is 0 Å². The predicted octanol–water partition coefficient (Wildman–Crippen LogP) is 4.03. The second-order valence-electron chi connectivity index (χ2n) is 10.9. The summed E-state index contributed by atoms with van der Waals surface area (Å²) >= 11 is 0. The standard InChI is InChI=1S/C35H42N4O5/c1-4-18-39(19-5-2)35(44)28-21-24(3)20-27(23-28)34(43)38-30(22-25-12-8-6-9-13-25)32(41)31(40)29(16-17-36)37-33(42)26-14-10-7-11-15-26/h6-15,20-21,23,29-32,40-41H,4-5,16,18-19,22H2,1-3H3,(H,37,42)(H,38,43). The van der Waals surface area contributed by atoms with Crippen LogP contribution in [0.25, 0.3) is 0 Å². The van der Waals surface area contributed by atoms with Gasteiger partial charge in [0.2, 0.25) is 0 Å². The lowest BCUT2D eigenvalue weighted by Gasteiger charge is -2.32. The molecule has 0 aromatic heterocycles. The van der Waals surface area contributed by atoms with Crippen LogP contribution in [0.3, 0.4) is 0 Å². The third kappa shape index (κ3) is 9.49. The lowest BCUT2D eigenvalue weighted by Crippen LogP contribution is -2.56. The number of hydrogen-bond donors (Lipinski definition) is 4.